The molecule has 2 rings (SSSR count). The SMILES string of the molecule is Cc1ccc(C(N)C(=O)NCCC(=O)N2CCCCC2)cc1.Cl. The summed E-state index contributed by atoms with van der Waals surface area (Å²) in [6, 6.07) is 6.90. The van der Waals surface area contributed by atoms with Crippen LogP contribution in [0.25, 0.3) is 0 Å². The lowest BCUT2D eigenvalue weighted by atomic mass is 10.1. The molecule has 2 amide bonds. The second-order valence-electron chi connectivity index (χ2n) is 5.87. The number of piperidine rings is 1. The number of hydrogen-bond donors (Lipinski definition) is 2. The highest BCUT2D eigenvalue weighted by Crippen LogP contribution is 2.12. The van der Waals surface area contributed by atoms with Crippen molar-refractivity contribution in [1.82, 2.24) is 10.2 Å². The van der Waals surface area contributed by atoms with Gasteiger partial charge in [-0.05, 0) is 31.7 Å². The van der Waals surface area contributed by atoms with E-state index in [9.17, 15) is 9.59 Å². The molecule has 6 heteroatoms. The highest BCUT2D eigenvalue weighted by molar-refractivity contribution is 5.85. The van der Waals surface area contributed by atoms with Gasteiger partial charge >= 0.3 is 0 Å². The van der Waals surface area contributed by atoms with E-state index < -0.39 is 6.04 Å². The predicted molar refractivity (Wildman–Crippen MR) is 93.4 cm³/mol. The van der Waals surface area contributed by atoms with Crippen LogP contribution < -0.4 is 11.1 Å². The van der Waals surface area contributed by atoms with Gasteiger partial charge < -0.3 is 16.0 Å². The van der Waals surface area contributed by atoms with Gasteiger partial charge in [0.1, 0.15) is 6.04 Å². The van der Waals surface area contributed by atoms with Crippen molar-refractivity contribution in [2.75, 3.05) is 19.6 Å². The molecular formula is C17H26ClN3O2. The fourth-order valence-corrected chi connectivity index (χ4v) is 2.63. The van der Waals surface area contributed by atoms with Crippen molar-refractivity contribution >= 4 is 24.2 Å². The number of nitrogens with zero attached hydrogens (tertiary/aromatic N) is 1. The summed E-state index contributed by atoms with van der Waals surface area (Å²) in [5.41, 5.74) is 7.85. The van der Waals surface area contributed by atoms with E-state index in [4.69, 9.17) is 5.73 Å². The van der Waals surface area contributed by atoms with Crippen molar-refractivity contribution in [3.63, 3.8) is 0 Å². The zero-order chi connectivity index (χ0) is 15.9. The van der Waals surface area contributed by atoms with Crippen molar-refractivity contribution in [2.45, 2.75) is 38.6 Å². The second kappa shape index (κ2) is 9.53. The number of benzene rings is 1. The first-order valence-corrected chi connectivity index (χ1v) is 7.95. The summed E-state index contributed by atoms with van der Waals surface area (Å²) in [6.07, 6.45) is 3.70. The lowest BCUT2D eigenvalue weighted by molar-refractivity contribution is -0.132. The van der Waals surface area contributed by atoms with Gasteiger partial charge in [0, 0.05) is 26.1 Å². The van der Waals surface area contributed by atoms with Crippen LogP contribution in [0.4, 0.5) is 0 Å². The first-order chi connectivity index (χ1) is 10.6. The highest BCUT2D eigenvalue weighted by atomic mass is 35.5. The Morgan fingerprint density at radius 1 is 1.17 bits per heavy atom. The van der Waals surface area contributed by atoms with E-state index in [1.54, 1.807) is 0 Å². The first kappa shape index (κ1) is 19.5. The standard InChI is InChI=1S/C17H25N3O2.ClH/c1-13-5-7-14(8-6-13)16(18)17(22)19-10-9-15(21)20-11-3-2-4-12-20;/h5-8,16H,2-4,9-12,18H2,1H3,(H,19,22);1H. The topological polar surface area (TPSA) is 75.4 Å². The molecule has 1 aliphatic heterocycles. The third-order valence-corrected chi connectivity index (χ3v) is 4.07. The van der Waals surface area contributed by atoms with Gasteiger partial charge in [0.15, 0.2) is 0 Å². The lowest BCUT2D eigenvalue weighted by Gasteiger charge is -2.26. The van der Waals surface area contributed by atoms with Crippen molar-refractivity contribution in [1.29, 1.82) is 0 Å². The number of nitrogens with two attached hydrogens (primary N) is 1. The number of aryl methyl sites for hydroxylation is 1. The Morgan fingerprint density at radius 2 is 1.78 bits per heavy atom. The number of likely N-dealkylation sites (tertiary alicyclic amines) is 1. The van der Waals surface area contributed by atoms with Gasteiger partial charge in [0.25, 0.3) is 0 Å². The number of carbonyl (C=O) groups excluding carboxylic acids is 2. The molecule has 1 aromatic rings. The maximum Gasteiger partial charge on any atom is 0.241 e. The normalized spacial score (nSPS) is 15.5. The minimum absolute atomic E-state index is 0. The summed E-state index contributed by atoms with van der Waals surface area (Å²) in [4.78, 5) is 25.9. The van der Waals surface area contributed by atoms with Crippen molar-refractivity contribution in [2.24, 2.45) is 5.73 Å². The average molecular weight is 340 g/mol. The van der Waals surface area contributed by atoms with E-state index in [-0.39, 0.29) is 24.2 Å². The smallest absolute Gasteiger partial charge is 0.241 e. The van der Waals surface area contributed by atoms with Gasteiger partial charge in [0.05, 0.1) is 0 Å². The molecule has 3 N–H and O–H groups in total. The van der Waals surface area contributed by atoms with Crippen molar-refractivity contribution in [3.05, 3.63) is 35.4 Å². The van der Waals surface area contributed by atoms with Crippen LogP contribution in [0.1, 0.15) is 42.9 Å². The van der Waals surface area contributed by atoms with Gasteiger partial charge in [0.2, 0.25) is 11.8 Å². The van der Waals surface area contributed by atoms with Gasteiger partial charge in [-0.25, -0.2) is 0 Å². The zero-order valence-electron chi connectivity index (χ0n) is 13.6. The molecular weight excluding hydrogens is 314 g/mol. The third-order valence-electron chi connectivity index (χ3n) is 4.07. The summed E-state index contributed by atoms with van der Waals surface area (Å²) >= 11 is 0. The highest BCUT2D eigenvalue weighted by Gasteiger charge is 2.18. The molecule has 0 aromatic heterocycles. The molecule has 0 saturated carbocycles. The zero-order valence-corrected chi connectivity index (χ0v) is 14.4. The number of amides is 2. The van der Waals surface area contributed by atoms with Crippen molar-refractivity contribution < 1.29 is 9.59 Å². The average Bonchev–Trinajstić information content (AvgIpc) is 2.55. The molecule has 1 aromatic carbocycles. The number of nitrogens with one attached hydrogen (secondary N) is 1. The van der Waals surface area contributed by atoms with E-state index in [0.29, 0.717) is 13.0 Å². The van der Waals surface area contributed by atoms with Crippen LogP contribution in [0.5, 0.6) is 0 Å². The molecule has 0 bridgehead atoms. The lowest BCUT2D eigenvalue weighted by Crippen LogP contribution is -2.39. The van der Waals surface area contributed by atoms with Crippen LogP contribution in [0.2, 0.25) is 0 Å². The van der Waals surface area contributed by atoms with Crippen LogP contribution in [-0.4, -0.2) is 36.3 Å². The minimum atomic E-state index is -0.689. The Hall–Kier alpha value is -1.59. The van der Waals surface area contributed by atoms with E-state index in [1.165, 1.54) is 6.42 Å². The predicted octanol–water partition coefficient (Wildman–Crippen LogP) is 1.94. The number of halogens is 1. The van der Waals surface area contributed by atoms with Crippen LogP contribution in [0.3, 0.4) is 0 Å². The molecule has 1 aliphatic rings. The van der Waals surface area contributed by atoms with Gasteiger partial charge in [-0.2, -0.15) is 0 Å². The third kappa shape index (κ3) is 5.84. The molecule has 1 unspecified atom stereocenters. The Labute approximate surface area is 144 Å². The fourth-order valence-electron chi connectivity index (χ4n) is 2.63. The molecule has 128 valence electrons. The van der Waals surface area contributed by atoms with E-state index >= 15 is 0 Å². The maximum atomic E-state index is 12.0. The van der Waals surface area contributed by atoms with Gasteiger partial charge in [-0.15, -0.1) is 12.4 Å². The molecule has 0 aliphatic carbocycles. The minimum Gasteiger partial charge on any atom is -0.354 e. The van der Waals surface area contributed by atoms with Crippen LogP contribution >= 0.6 is 12.4 Å². The summed E-state index contributed by atoms with van der Waals surface area (Å²) < 4.78 is 0. The molecule has 1 fully saturated rings. The molecule has 23 heavy (non-hydrogen) atoms. The van der Waals surface area contributed by atoms with Gasteiger partial charge in [-0.3, -0.25) is 9.59 Å². The first-order valence-electron chi connectivity index (χ1n) is 7.95. The molecule has 0 radical (unpaired) electrons. The van der Waals surface area contributed by atoms with Crippen LogP contribution in [0.15, 0.2) is 24.3 Å². The summed E-state index contributed by atoms with van der Waals surface area (Å²) in [7, 11) is 0. The Kier molecular flexibility index (Phi) is 8.06. The quantitative estimate of drug-likeness (QED) is 0.860. The summed E-state index contributed by atoms with van der Waals surface area (Å²) in [6.45, 7) is 4.01. The van der Waals surface area contributed by atoms with Gasteiger partial charge in [-0.1, -0.05) is 29.8 Å². The number of rotatable bonds is 5. The summed E-state index contributed by atoms with van der Waals surface area (Å²) in [5, 5.41) is 2.75. The van der Waals surface area contributed by atoms with E-state index in [1.807, 2.05) is 36.1 Å². The molecule has 1 atom stereocenters. The maximum absolute atomic E-state index is 12.0. The number of hydrogen-bond acceptors (Lipinski definition) is 3. The molecule has 5 nitrogen and oxygen atoms in total. The largest absolute Gasteiger partial charge is 0.354 e. The second-order valence-corrected chi connectivity index (χ2v) is 5.87. The Morgan fingerprint density at radius 3 is 2.39 bits per heavy atom. The fraction of sp³-hybridized carbons (Fsp3) is 0.529. The monoisotopic (exact) mass is 339 g/mol. The molecule has 1 heterocycles. The summed E-state index contributed by atoms with van der Waals surface area (Å²) in [5.74, 6) is -0.126. The van der Waals surface area contributed by atoms with Crippen molar-refractivity contribution in [3.8, 4) is 0 Å². The van der Waals surface area contributed by atoms with Crippen LogP contribution in [0, 0.1) is 6.92 Å². The van der Waals surface area contributed by atoms with E-state index in [2.05, 4.69) is 5.32 Å². The molecule has 0 spiro atoms. The van der Waals surface area contributed by atoms with E-state index in [0.717, 1.165) is 37.1 Å². The number of carbonyl (C=O) groups is 2. The Balaban J connectivity index is 0.00000264. The van der Waals surface area contributed by atoms with Crippen LogP contribution in [-0.2, 0) is 9.59 Å². The molecule has 1 saturated heterocycles. The Bertz CT molecular complexity index is 513.